The Hall–Kier alpha value is -1.51. The van der Waals surface area contributed by atoms with Gasteiger partial charge in [-0.2, -0.15) is 0 Å². The molecule has 0 saturated heterocycles. The number of aliphatic carboxylic acids is 1. The molecule has 1 N–H and O–H groups in total. The highest BCUT2D eigenvalue weighted by Gasteiger charge is 2.33. The summed E-state index contributed by atoms with van der Waals surface area (Å²) in [5.41, 5.74) is 2.76. The lowest BCUT2D eigenvalue weighted by atomic mass is 9.84. The van der Waals surface area contributed by atoms with E-state index in [9.17, 15) is 9.90 Å². The number of carboxylic acid groups (broad SMARTS) is 1. The van der Waals surface area contributed by atoms with Crippen LogP contribution in [0.3, 0.4) is 0 Å². The highest BCUT2D eigenvalue weighted by Crippen LogP contribution is 2.37. The topological polar surface area (TPSA) is 40.5 Å². The summed E-state index contributed by atoms with van der Waals surface area (Å²) < 4.78 is 0. The van der Waals surface area contributed by atoms with Crippen LogP contribution in [-0.2, 0) is 16.6 Å². The second kappa shape index (κ2) is 4.80. The molecule has 2 aliphatic rings. The van der Waals surface area contributed by atoms with Gasteiger partial charge in [-0.3, -0.25) is 4.79 Å². The van der Waals surface area contributed by atoms with Gasteiger partial charge in [-0.1, -0.05) is 25.0 Å². The molecule has 0 aromatic heterocycles. The van der Waals surface area contributed by atoms with E-state index in [4.69, 9.17) is 0 Å². The zero-order chi connectivity index (χ0) is 14.3. The molecule has 1 saturated carbocycles. The van der Waals surface area contributed by atoms with Crippen molar-refractivity contribution in [1.82, 2.24) is 0 Å². The third-order valence-electron chi connectivity index (χ3n) is 5.03. The fourth-order valence-corrected chi connectivity index (χ4v) is 3.53. The molecule has 0 radical (unpaired) electrons. The van der Waals surface area contributed by atoms with Crippen molar-refractivity contribution in [3.63, 3.8) is 0 Å². The fraction of sp³-hybridized carbons (Fsp3) is 0.588. The quantitative estimate of drug-likeness (QED) is 0.918. The van der Waals surface area contributed by atoms with E-state index in [2.05, 4.69) is 17.0 Å². The van der Waals surface area contributed by atoms with Crippen LogP contribution in [0.15, 0.2) is 18.2 Å². The van der Waals surface area contributed by atoms with E-state index in [1.807, 2.05) is 6.07 Å². The van der Waals surface area contributed by atoms with Gasteiger partial charge < -0.3 is 10.0 Å². The number of hydrogen-bond donors (Lipinski definition) is 1. The molecule has 0 amide bonds. The minimum absolute atomic E-state index is 0.703. The maximum absolute atomic E-state index is 11.4. The number of fused-ring (bicyclic) bond motifs is 1. The SMILES string of the molecule is CC(C)(C(=O)O)c1ccc2c(c1)CCN2C1CCCC1. The lowest BCUT2D eigenvalue weighted by molar-refractivity contribution is -0.142. The molecule has 3 rings (SSSR count). The van der Waals surface area contributed by atoms with Crippen molar-refractivity contribution in [2.75, 3.05) is 11.4 Å². The largest absolute Gasteiger partial charge is 0.481 e. The van der Waals surface area contributed by atoms with E-state index in [-0.39, 0.29) is 0 Å². The molecule has 0 spiro atoms. The van der Waals surface area contributed by atoms with Gasteiger partial charge in [0.2, 0.25) is 0 Å². The Kier molecular flexibility index (Phi) is 3.23. The highest BCUT2D eigenvalue weighted by molar-refractivity contribution is 5.81. The lowest BCUT2D eigenvalue weighted by Crippen LogP contribution is -2.31. The van der Waals surface area contributed by atoms with Gasteiger partial charge in [-0.25, -0.2) is 0 Å². The third kappa shape index (κ3) is 2.09. The Balaban J connectivity index is 1.90. The van der Waals surface area contributed by atoms with Crippen LogP contribution in [0, 0.1) is 0 Å². The molecule has 108 valence electrons. The van der Waals surface area contributed by atoms with Crippen LogP contribution >= 0.6 is 0 Å². The smallest absolute Gasteiger partial charge is 0.313 e. The summed E-state index contributed by atoms with van der Waals surface area (Å²) in [4.78, 5) is 13.9. The summed E-state index contributed by atoms with van der Waals surface area (Å²) >= 11 is 0. The molecular weight excluding hydrogens is 250 g/mol. The van der Waals surface area contributed by atoms with Crippen LogP contribution in [0.4, 0.5) is 5.69 Å². The average molecular weight is 273 g/mol. The average Bonchev–Trinajstić information content (AvgIpc) is 3.06. The lowest BCUT2D eigenvalue weighted by Gasteiger charge is -2.27. The van der Waals surface area contributed by atoms with Gasteiger partial charge >= 0.3 is 5.97 Å². The number of anilines is 1. The monoisotopic (exact) mass is 273 g/mol. The van der Waals surface area contributed by atoms with Crippen LogP contribution in [0.5, 0.6) is 0 Å². The highest BCUT2D eigenvalue weighted by atomic mass is 16.4. The molecule has 1 heterocycles. The van der Waals surface area contributed by atoms with Gasteiger partial charge in [0.15, 0.2) is 0 Å². The first-order valence-corrected chi connectivity index (χ1v) is 7.63. The molecular formula is C17H23NO2. The van der Waals surface area contributed by atoms with Gasteiger partial charge in [0.1, 0.15) is 0 Å². The minimum atomic E-state index is -0.810. The Morgan fingerprint density at radius 1 is 1.30 bits per heavy atom. The van der Waals surface area contributed by atoms with Crippen LogP contribution in [0.25, 0.3) is 0 Å². The number of nitrogens with zero attached hydrogens (tertiary/aromatic N) is 1. The van der Waals surface area contributed by atoms with Crippen LogP contribution in [0.1, 0.15) is 50.7 Å². The summed E-state index contributed by atoms with van der Waals surface area (Å²) in [6.45, 7) is 4.65. The maximum Gasteiger partial charge on any atom is 0.313 e. The standard InChI is InChI=1S/C17H23NO2/c1-17(2,16(19)20)13-7-8-15-12(11-13)9-10-18(15)14-5-3-4-6-14/h7-8,11,14H,3-6,9-10H2,1-2H3,(H,19,20). The molecule has 1 aromatic carbocycles. The summed E-state index contributed by atoms with van der Waals surface area (Å²) in [5, 5.41) is 9.36. The summed E-state index contributed by atoms with van der Waals surface area (Å²) in [6, 6.07) is 6.95. The van der Waals surface area contributed by atoms with E-state index >= 15 is 0 Å². The normalized spacial score (nSPS) is 19.4. The van der Waals surface area contributed by atoms with E-state index in [0.717, 1.165) is 18.5 Å². The maximum atomic E-state index is 11.4. The minimum Gasteiger partial charge on any atom is -0.481 e. The Bertz CT molecular complexity index is 530. The van der Waals surface area contributed by atoms with E-state index in [0.29, 0.717) is 6.04 Å². The molecule has 1 aliphatic heterocycles. The Morgan fingerprint density at radius 3 is 2.65 bits per heavy atom. The first-order chi connectivity index (χ1) is 9.50. The number of carboxylic acids is 1. The summed E-state index contributed by atoms with van der Waals surface area (Å²) in [6.07, 6.45) is 6.36. The van der Waals surface area contributed by atoms with Crippen molar-refractivity contribution < 1.29 is 9.90 Å². The van der Waals surface area contributed by atoms with Crippen molar-refractivity contribution in [2.24, 2.45) is 0 Å². The molecule has 0 atom stereocenters. The number of hydrogen-bond acceptors (Lipinski definition) is 2. The Morgan fingerprint density at radius 2 is 2.00 bits per heavy atom. The molecule has 1 fully saturated rings. The second-order valence-electron chi connectivity index (χ2n) is 6.66. The van der Waals surface area contributed by atoms with Gasteiger partial charge in [0, 0.05) is 18.3 Å². The number of benzene rings is 1. The second-order valence-corrected chi connectivity index (χ2v) is 6.66. The van der Waals surface area contributed by atoms with Crippen LogP contribution < -0.4 is 4.90 Å². The van der Waals surface area contributed by atoms with Crippen LogP contribution in [0.2, 0.25) is 0 Å². The first-order valence-electron chi connectivity index (χ1n) is 7.63. The predicted octanol–water partition coefficient (Wildman–Crippen LogP) is 3.35. The number of carbonyl (C=O) groups is 1. The van der Waals surface area contributed by atoms with Crippen LogP contribution in [-0.4, -0.2) is 23.7 Å². The van der Waals surface area contributed by atoms with Crippen molar-refractivity contribution in [2.45, 2.75) is 57.4 Å². The summed E-state index contributed by atoms with van der Waals surface area (Å²) in [7, 11) is 0. The van der Waals surface area contributed by atoms with Gasteiger partial charge in [-0.15, -0.1) is 0 Å². The van der Waals surface area contributed by atoms with E-state index < -0.39 is 11.4 Å². The molecule has 20 heavy (non-hydrogen) atoms. The molecule has 3 nitrogen and oxygen atoms in total. The zero-order valence-corrected chi connectivity index (χ0v) is 12.4. The number of rotatable bonds is 3. The Labute approximate surface area is 120 Å². The molecule has 3 heteroatoms. The fourth-order valence-electron chi connectivity index (χ4n) is 3.53. The van der Waals surface area contributed by atoms with Gasteiger partial charge in [-0.05, 0) is 50.3 Å². The first kappa shape index (κ1) is 13.5. The van der Waals surface area contributed by atoms with E-state index in [1.54, 1.807) is 13.8 Å². The molecule has 1 aromatic rings. The van der Waals surface area contributed by atoms with Gasteiger partial charge in [0.25, 0.3) is 0 Å². The van der Waals surface area contributed by atoms with E-state index in [1.165, 1.54) is 36.9 Å². The third-order valence-corrected chi connectivity index (χ3v) is 5.03. The zero-order valence-electron chi connectivity index (χ0n) is 12.4. The van der Waals surface area contributed by atoms with Gasteiger partial charge in [0.05, 0.1) is 5.41 Å². The molecule has 0 bridgehead atoms. The van der Waals surface area contributed by atoms with Crippen molar-refractivity contribution in [1.29, 1.82) is 0 Å². The van der Waals surface area contributed by atoms with Crippen molar-refractivity contribution in [3.8, 4) is 0 Å². The summed E-state index contributed by atoms with van der Waals surface area (Å²) in [5.74, 6) is -0.761. The molecule has 1 aliphatic carbocycles. The predicted molar refractivity (Wildman–Crippen MR) is 80.4 cm³/mol. The van der Waals surface area contributed by atoms with Crippen molar-refractivity contribution >= 4 is 11.7 Å². The van der Waals surface area contributed by atoms with Crippen molar-refractivity contribution in [3.05, 3.63) is 29.3 Å². The molecule has 0 unspecified atom stereocenters.